The maximum atomic E-state index is 13.7. The number of benzene rings is 2. The Kier molecular flexibility index (Phi) is 7.41. The molecule has 3 aromatic rings. The molecule has 0 N–H and O–H groups in total. The Morgan fingerprint density at radius 3 is 2.39 bits per heavy atom. The lowest BCUT2D eigenvalue weighted by Crippen LogP contribution is -2.41. The number of fused-ring (bicyclic) bond motifs is 1. The molecular weight excluding hydrogens is 410 g/mol. The lowest BCUT2D eigenvalue weighted by Gasteiger charge is -2.35. The number of carbonyl (C=O) groups excluding carboxylic acids is 1. The largest absolute Gasteiger partial charge is 0.332 e. The standard InChI is InChI=1S/C28H37N3O2/c1-8-24(30(18-19(2)3)25(32)17-28(5,6)7)26-29-23-15-10-9-14-22(23)27(33)31(26)21-13-11-12-20(4)16-21/h9-16,19,24H,8,17-18H2,1-7H3. The Labute approximate surface area is 197 Å². The van der Waals surface area contributed by atoms with E-state index in [9.17, 15) is 9.59 Å². The van der Waals surface area contributed by atoms with E-state index in [1.165, 1.54) is 0 Å². The number of aromatic nitrogens is 2. The molecule has 5 heteroatoms. The fourth-order valence-corrected chi connectivity index (χ4v) is 4.28. The molecule has 2 aromatic carbocycles. The highest BCUT2D eigenvalue weighted by molar-refractivity contribution is 5.79. The molecule has 0 radical (unpaired) electrons. The molecule has 0 spiro atoms. The van der Waals surface area contributed by atoms with E-state index in [0.717, 1.165) is 11.3 Å². The Bertz CT molecular complexity index is 1190. The lowest BCUT2D eigenvalue weighted by atomic mass is 9.91. The Hall–Kier alpha value is -2.95. The second kappa shape index (κ2) is 9.90. The van der Waals surface area contributed by atoms with E-state index in [4.69, 9.17) is 4.98 Å². The molecule has 1 aromatic heterocycles. The van der Waals surface area contributed by atoms with Gasteiger partial charge in [0, 0.05) is 13.0 Å². The predicted molar refractivity (Wildman–Crippen MR) is 136 cm³/mol. The number of amides is 1. The average Bonchev–Trinajstić information content (AvgIpc) is 2.72. The fourth-order valence-electron chi connectivity index (χ4n) is 4.28. The van der Waals surface area contributed by atoms with Gasteiger partial charge in [0.15, 0.2) is 0 Å². The monoisotopic (exact) mass is 447 g/mol. The molecule has 0 aliphatic rings. The lowest BCUT2D eigenvalue weighted by molar-refractivity contribution is -0.136. The van der Waals surface area contributed by atoms with Gasteiger partial charge in [-0.05, 0) is 54.5 Å². The van der Waals surface area contributed by atoms with E-state index < -0.39 is 0 Å². The van der Waals surface area contributed by atoms with Gasteiger partial charge in [-0.2, -0.15) is 0 Å². The molecule has 1 atom stereocenters. The molecule has 0 saturated carbocycles. The highest BCUT2D eigenvalue weighted by Crippen LogP contribution is 2.30. The molecule has 1 heterocycles. The van der Waals surface area contributed by atoms with Crippen LogP contribution in [0.2, 0.25) is 0 Å². The van der Waals surface area contributed by atoms with Crippen molar-refractivity contribution in [2.75, 3.05) is 6.54 Å². The summed E-state index contributed by atoms with van der Waals surface area (Å²) in [5.74, 6) is 1.01. The molecule has 1 amide bonds. The predicted octanol–water partition coefficient (Wildman–Crippen LogP) is 6.07. The Morgan fingerprint density at radius 2 is 1.79 bits per heavy atom. The second-order valence-corrected chi connectivity index (χ2v) is 10.6. The van der Waals surface area contributed by atoms with Crippen LogP contribution in [0, 0.1) is 18.3 Å². The second-order valence-electron chi connectivity index (χ2n) is 10.6. The first kappa shape index (κ1) is 24.7. The van der Waals surface area contributed by atoms with Crippen molar-refractivity contribution < 1.29 is 4.79 Å². The highest BCUT2D eigenvalue weighted by atomic mass is 16.2. The molecule has 0 fully saturated rings. The summed E-state index contributed by atoms with van der Waals surface area (Å²) in [6, 6.07) is 15.0. The summed E-state index contributed by atoms with van der Waals surface area (Å²) in [7, 11) is 0. The minimum atomic E-state index is -0.305. The SMILES string of the molecule is CCC(c1nc2ccccc2c(=O)n1-c1cccc(C)c1)N(CC(C)C)C(=O)CC(C)(C)C. The Morgan fingerprint density at radius 1 is 1.09 bits per heavy atom. The number of aryl methyl sites for hydroxylation is 1. The van der Waals surface area contributed by atoms with Gasteiger partial charge < -0.3 is 4.90 Å². The van der Waals surface area contributed by atoms with Gasteiger partial charge in [0.05, 0.1) is 22.6 Å². The number of nitrogens with zero attached hydrogens (tertiary/aromatic N) is 3. The number of rotatable bonds is 7. The zero-order valence-electron chi connectivity index (χ0n) is 21.1. The quantitative estimate of drug-likeness (QED) is 0.442. The van der Waals surface area contributed by atoms with E-state index >= 15 is 0 Å². The van der Waals surface area contributed by atoms with Gasteiger partial charge in [0.25, 0.3) is 5.56 Å². The van der Waals surface area contributed by atoms with Crippen LogP contribution >= 0.6 is 0 Å². The topological polar surface area (TPSA) is 55.2 Å². The van der Waals surface area contributed by atoms with Crippen LogP contribution in [0.25, 0.3) is 16.6 Å². The maximum Gasteiger partial charge on any atom is 0.266 e. The minimum absolute atomic E-state index is 0.0984. The van der Waals surface area contributed by atoms with Crippen LogP contribution in [-0.2, 0) is 4.79 Å². The summed E-state index contributed by atoms with van der Waals surface area (Å²) in [6.07, 6.45) is 1.11. The van der Waals surface area contributed by atoms with Gasteiger partial charge in [-0.15, -0.1) is 0 Å². The molecule has 0 aliphatic carbocycles. The van der Waals surface area contributed by atoms with Gasteiger partial charge in [-0.25, -0.2) is 4.98 Å². The summed E-state index contributed by atoms with van der Waals surface area (Å²) in [5.41, 5.74) is 2.27. The first-order chi connectivity index (χ1) is 15.5. The Balaban J connectivity index is 2.28. The summed E-state index contributed by atoms with van der Waals surface area (Å²) in [4.78, 5) is 34.2. The first-order valence-corrected chi connectivity index (χ1v) is 11.9. The third-order valence-corrected chi connectivity index (χ3v) is 5.69. The van der Waals surface area contributed by atoms with Gasteiger partial charge in [-0.3, -0.25) is 14.2 Å². The number of carbonyl (C=O) groups is 1. The molecule has 0 bridgehead atoms. The number of hydrogen-bond acceptors (Lipinski definition) is 3. The van der Waals surface area contributed by atoms with Crippen LogP contribution in [0.5, 0.6) is 0 Å². The first-order valence-electron chi connectivity index (χ1n) is 11.9. The summed E-state index contributed by atoms with van der Waals surface area (Å²) >= 11 is 0. The van der Waals surface area contributed by atoms with E-state index in [-0.39, 0.29) is 22.9 Å². The minimum Gasteiger partial charge on any atom is -0.332 e. The van der Waals surface area contributed by atoms with Gasteiger partial charge in [-0.1, -0.05) is 65.8 Å². The summed E-state index contributed by atoms with van der Waals surface area (Å²) in [5, 5.41) is 0.578. The third kappa shape index (κ3) is 5.70. The van der Waals surface area contributed by atoms with Crippen LogP contribution in [0.4, 0.5) is 0 Å². The van der Waals surface area contributed by atoms with Gasteiger partial charge >= 0.3 is 0 Å². The van der Waals surface area contributed by atoms with Crippen molar-refractivity contribution in [1.29, 1.82) is 0 Å². The van der Waals surface area contributed by atoms with Crippen molar-refractivity contribution in [3.63, 3.8) is 0 Å². The van der Waals surface area contributed by atoms with Gasteiger partial charge in [0.2, 0.25) is 5.91 Å². The van der Waals surface area contributed by atoms with Crippen LogP contribution in [0.1, 0.15) is 71.8 Å². The fraction of sp³-hybridized carbons (Fsp3) is 0.464. The smallest absolute Gasteiger partial charge is 0.266 e. The zero-order valence-corrected chi connectivity index (χ0v) is 21.1. The molecule has 0 aliphatic heterocycles. The average molecular weight is 448 g/mol. The van der Waals surface area contributed by atoms with E-state index in [1.54, 1.807) is 4.57 Å². The molecule has 33 heavy (non-hydrogen) atoms. The molecule has 1 unspecified atom stereocenters. The van der Waals surface area contributed by atoms with Crippen molar-refractivity contribution >= 4 is 16.8 Å². The van der Waals surface area contributed by atoms with Crippen LogP contribution in [0.3, 0.4) is 0 Å². The van der Waals surface area contributed by atoms with E-state index in [1.807, 2.05) is 60.4 Å². The summed E-state index contributed by atoms with van der Waals surface area (Å²) < 4.78 is 1.71. The molecular formula is C28H37N3O2. The third-order valence-electron chi connectivity index (χ3n) is 5.69. The highest BCUT2D eigenvalue weighted by Gasteiger charge is 2.31. The van der Waals surface area contributed by atoms with Crippen molar-refractivity contribution in [2.45, 2.75) is 67.3 Å². The van der Waals surface area contributed by atoms with E-state index in [2.05, 4.69) is 41.5 Å². The molecule has 3 rings (SSSR count). The summed E-state index contributed by atoms with van der Waals surface area (Å²) in [6.45, 7) is 15.2. The normalized spacial score (nSPS) is 12.8. The zero-order chi connectivity index (χ0) is 24.3. The van der Waals surface area contributed by atoms with Crippen LogP contribution in [0.15, 0.2) is 53.3 Å². The van der Waals surface area contributed by atoms with Crippen LogP contribution < -0.4 is 5.56 Å². The van der Waals surface area contributed by atoms with Crippen molar-refractivity contribution in [3.05, 3.63) is 70.3 Å². The number of para-hydroxylation sites is 1. The van der Waals surface area contributed by atoms with Crippen molar-refractivity contribution in [1.82, 2.24) is 14.5 Å². The molecule has 176 valence electrons. The number of hydrogen-bond donors (Lipinski definition) is 0. The molecule has 0 saturated heterocycles. The van der Waals surface area contributed by atoms with E-state index in [0.29, 0.717) is 42.0 Å². The van der Waals surface area contributed by atoms with Crippen molar-refractivity contribution in [2.24, 2.45) is 11.3 Å². The molecule has 5 nitrogen and oxygen atoms in total. The van der Waals surface area contributed by atoms with Gasteiger partial charge in [0.1, 0.15) is 5.82 Å². The van der Waals surface area contributed by atoms with Crippen LogP contribution in [-0.4, -0.2) is 26.9 Å². The van der Waals surface area contributed by atoms with Crippen molar-refractivity contribution in [3.8, 4) is 5.69 Å². The maximum absolute atomic E-state index is 13.7.